The number of hydrogen-bond donors (Lipinski definition) is 2. The molecule has 1 heterocycles. The normalized spacial score (nSPS) is 14.0. The lowest BCUT2D eigenvalue weighted by molar-refractivity contribution is 0.0636. The second-order valence-corrected chi connectivity index (χ2v) is 7.87. The van der Waals surface area contributed by atoms with Crippen molar-refractivity contribution in [3.8, 4) is 0 Å². The third-order valence-electron chi connectivity index (χ3n) is 3.53. The van der Waals surface area contributed by atoms with Gasteiger partial charge in [0.2, 0.25) is 0 Å². The van der Waals surface area contributed by atoms with Crippen molar-refractivity contribution in [3.05, 3.63) is 40.9 Å². The fraction of sp³-hybridized carbons (Fsp3) is 0.389. The maximum atomic E-state index is 12.3. The Morgan fingerprint density at radius 3 is 2.44 bits per heavy atom. The molecule has 1 aliphatic rings. The summed E-state index contributed by atoms with van der Waals surface area (Å²) < 4.78 is 5.19. The summed E-state index contributed by atoms with van der Waals surface area (Å²) in [5, 5.41) is 8.06. The van der Waals surface area contributed by atoms with Crippen molar-refractivity contribution in [2.75, 3.05) is 10.6 Å². The molecule has 1 aromatic carbocycles. The highest BCUT2D eigenvalue weighted by Gasteiger charge is 2.26. The molecule has 2 aromatic rings. The Balaban J connectivity index is 1.57. The van der Waals surface area contributed by atoms with Gasteiger partial charge >= 0.3 is 6.09 Å². The van der Waals surface area contributed by atoms with Crippen LogP contribution in [0.2, 0.25) is 0 Å². The van der Waals surface area contributed by atoms with E-state index in [4.69, 9.17) is 4.74 Å². The van der Waals surface area contributed by atoms with Gasteiger partial charge in [-0.1, -0.05) is 0 Å². The fourth-order valence-electron chi connectivity index (χ4n) is 2.21. The van der Waals surface area contributed by atoms with Gasteiger partial charge < -0.3 is 4.74 Å². The van der Waals surface area contributed by atoms with Crippen molar-refractivity contribution in [1.82, 2.24) is 4.98 Å². The molecule has 0 saturated heterocycles. The van der Waals surface area contributed by atoms with E-state index < -0.39 is 11.7 Å². The molecular formula is C18H21N3O3S. The number of nitrogens with one attached hydrogen (secondary N) is 2. The van der Waals surface area contributed by atoms with Crippen LogP contribution in [0.5, 0.6) is 0 Å². The summed E-state index contributed by atoms with van der Waals surface area (Å²) in [4.78, 5) is 28.4. The van der Waals surface area contributed by atoms with Gasteiger partial charge in [0, 0.05) is 22.5 Å². The van der Waals surface area contributed by atoms with Gasteiger partial charge in [-0.05, 0) is 57.9 Å². The van der Waals surface area contributed by atoms with E-state index in [9.17, 15) is 9.59 Å². The van der Waals surface area contributed by atoms with Gasteiger partial charge in [-0.25, -0.2) is 9.78 Å². The lowest BCUT2D eigenvalue weighted by atomic mass is 10.2. The Morgan fingerprint density at radius 1 is 1.16 bits per heavy atom. The predicted molar refractivity (Wildman–Crippen MR) is 98.3 cm³/mol. The van der Waals surface area contributed by atoms with E-state index in [0.29, 0.717) is 22.3 Å². The van der Waals surface area contributed by atoms with Gasteiger partial charge in [0.05, 0.1) is 5.69 Å². The topological polar surface area (TPSA) is 80.3 Å². The number of hydrogen-bond acceptors (Lipinski definition) is 5. The maximum Gasteiger partial charge on any atom is 0.412 e. The molecular weight excluding hydrogens is 338 g/mol. The number of rotatable bonds is 4. The molecule has 1 aromatic heterocycles. The van der Waals surface area contributed by atoms with E-state index in [1.165, 1.54) is 24.2 Å². The number of aromatic nitrogens is 1. The van der Waals surface area contributed by atoms with Crippen molar-refractivity contribution in [3.63, 3.8) is 0 Å². The van der Waals surface area contributed by atoms with Gasteiger partial charge in [-0.2, -0.15) is 0 Å². The second kappa shape index (κ2) is 6.84. The molecule has 2 amide bonds. The highest BCUT2D eigenvalue weighted by Crippen LogP contribution is 2.40. The third-order valence-corrected chi connectivity index (χ3v) is 4.31. The molecule has 25 heavy (non-hydrogen) atoms. The zero-order valence-electron chi connectivity index (χ0n) is 14.5. The van der Waals surface area contributed by atoms with E-state index in [0.717, 1.165) is 5.69 Å². The van der Waals surface area contributed by atoms with Gasteiger partial charge in [-0.15, -0.1) is 11.3 Å². The summed E-state index contributed by atoms with van der Waals surface area (Å²) in [7, 11) is 0. The molecule has 0 bridgehead atoms. The first-order valence-corrected chi connectivity index (χ1v) is 9.05. The molecule has 6 nitrogen and oxygen atoms in total. The zero-order valence-corrected chi connectivity index (χ0v) is 15.3. The lowest BCUT2D eigenvalue weighted by Gasteiger charge is -2.19. The molecule has 0 spiro atoms. The Labute approximate surface area is 150 Å². The minimum atomic E-state index is -0.559. The van der Waals surface area contributed by atoms with Gasteiger partial charge in [0.1, 0.15) is 5.60 Å². The third kappa shape index (κ3) is 5.03. The van der Waals surface area contributed by atoms with Crippen LogP contribution in [0, 0.1) is 0 Å². The zero-order chi connectivity index (χ0) is 18.0. The number of benzene rings is 1. The van der Waals surface area contributed by atoms with Crippen LogP contribution >= 0.6 is 11.3 Å². The fourth-order valence-corrected chi connectivity index (χ4v) is 2.99. The number of nitrogens with zero attached hydrogens (tertiary/aromatic N) is 1. The number of amides is 2. The predicted octanol–water partition coefficient (Wildman–Crippen LogP) is 4.62. The van der Waals surface area contributed by atoms with E-state index in [-0.39, 0.29) is 5.91 Å². The van der Waals surface area contributed by atoms with Crippen LogP contribution < -0.4 is 10.6 Å². The standard InChI is InChI=1S/C18H21N3O3S/c1-18(2,3)24-17(23)19-13-8-6-12(7-9-13)15(22)21-16-20-14(10-25-16)11-4-5-11/h6-11H,4-5H2,1-3H3,(H,19,23)(H,20,21,22). The molecule has 0 radical (unpaired) electrons. The monoisotopic (exact) mass is 359 g/mol. The van der Waals surface area contributed by atoms with E-state index in [2.05, 4.69) is 15.6 Å². The van der Waals surface area contributed by atoms with Crippen LogP contribution in [0.3, 0.4) is 0 Å². The van der Waals surface area contributed by atoms with Crippen molar-refractivity contribution in [1.29, 1.82) is 0 Å². The van der Waals surface area contributed by atoms with Crippen LogP contribution in [-0.4, -0.2) is 22.6 Å². The minimum Gasteiger partial charge on any atom is -0.444 e. The SMILES string of the molecule is CC(C)(C)OC(=O)Nc1ccc(C(=O)Nc2nc(C3CC3)cs2)cc1. The first kappa shape index (κ1) is 17.4. The highest BCUT2D eigenvalue weighted by atomic mass is 32.1. The van der Waals surface area contributed by atoms with Crippen molar-refractivity contribution in [2.45, 2.75) is 45.1 Å². The molecule has 1 saturated carbocycles. The molecule has 2 N–H and O–H groups in total. The minimum absolute atomic E-state index is 0.222. The first-order chi connectivity index (χ1) is 11.8. The van der Waals surface area contributed by atoms with Crippen molar-refractivity contribution >= 4 is 34.2 Å². The number of ether oxygens (including phenoxy) is 1. The van der Waals surface area contributed by atoms with Crippen LogP contribution in [0.1, 0.15) is 55.6 Å². The summed E-state index contributed by atoms with van der Waals surface area (Å²) in [5.41, 5.74) is 1.57. The summed E-state index contributed by atoms with van der Waals surface area (Å²) >= 11 is 1.44. The van der Waals surface area contributed by atoms with Gasteiger partial charge in [0.25, 0.3) is 5.91 Å². The average molecular weight is 359 g/mol. The molecule has 1 fully saturated rings. The number of carbonyl (C=O) groups is 2. The van der Waals surface area contributed by atoms with Gasteiger partial charge in [-0.3, -0.25) is 15.4 Å². The maximum absolute atomic E-state index is 12.3. The van der Waals surface area contributed by atoms with Crippen LogP contribution in [0.15, 0.2) is 29.6 Å². The Hall–Kier alpha value is -2.41. The lowest BCUT2D eigenvalue weighted by Crippen LogP contribution is -2.27. The first-order valence-electron chi connectivity index (χ1n) is 8.17. The summed E-state index contributed by atoms with van der Waals surface area (Å²) in [6, 6.07) is 6.63. The second-order valence-electron chi connectivity index (χ2n) is 7.01. The van der Waals surface area contributed by atoms with E-state index >= 15 is 0 Å². The van der Waals surface area contributed by atoms with Gasteiger partial charge in [0.15, 0.2) is 5.13 Å². The molecule has 7 heteroatoms. The van der Waals surface area contributed by atoms with Crippen LogP contribution in [0.25, 0.3) is 0 Å². The Bertz CT molecular complexity index is 774. The molecule has 132 valence electrons. The summed E-state index contributed by atoms with van der Waals surface area (Å²) in [6.07, 6.45) is 1.84. The smallest absolute Gasteiger partial charge is 0.412 e. The number of thiazole rings is 1. The molecule has 0 unspecified atom stereocenters. The molecule has 3 rings (SSSR count). The largest absolute Gasteiger partial charge is 0.444 e. The number of anilines is 2. The molecule has 0 aliphatic heterocycles. The van der Waals surface area contributed by atoms with E-state index in [1.807, 2.05) is 5.38 Å². The number of carbonyl (C=O) groups excluding carboxylic acids is 2. The summed E-state index contributed by atoms with van der Waals surface area (Å²) in [5.74, 6) is 0.348. The molecule has 0 atom stereocenters. The Morgan fingerprint density at radius 2 is 1.84 bits per heavy atom. The highest BCUT2D eigenvalue weighted by molar-refractivity contribution is 7.14. The summed E-state index contributed by atoms with van der Waals surface area (Å²) in [6.45, 7) is 5.40. The van der Waals surface area contributed by atoms with Crippen LogP contribution in [0.4, 0.5) is 15.6 Å². The molecule has 1 aliphatic carbocycles. The van der Waals surface area contributed by atoms with Crippen LogP contribution in [-0.2, 0) is 4.74 Å². The Kier molecular flexibility index (Phi) is 4.76. The van der Waals surface area contributed by atoms with Crippen molar-refractivity contribution in [2.24, 2.45) is 0 Å². The van der Waals surface area contributed by atoms with E-state index in [1.54, 1.807) is 45.0 Å². The average Bonchev–Trinajstić information content (AvgIpc) is 3.26. The van der Waals surface area contributed by atoms with Crippen molar-refractivity contribution < 1.29 is 14.3 Å². The quantitative estimate of drug-likeness (QED) is 0.835.